The van der Waals surface area contributed by atoms with Crippen molar-refractivity contribution >= 4 is 23.6 Å². The SMILES string of the molecule is CCN(CC)C1CCN(c2ccc(C=O)c(Cl)c2)C1. The molecule has 0 saturated carbocycles. The first kappa shape index (κ1) is 14.4. The van der Waals surface area contributed by atoms with Crippen LogP contribution in [-0.2, 0) is 0 Å². The van der Waals surface area contributed by atoms with Gasteiger partial charge < -0.3 is 4.90 Å². The fourth-order valence-corrected chi connectivity index (χ4v) is 3.04. The van der Waals surface area contributed by atoms with Crippen LogP contribution in [0.2, 0.25) is 5.02 Å². The van der Waals surface area contributed by atoms with Gasteiger partial charge >= 0.3 is 0 Å². The summed E-state index contributed by atoms with van der Waals surface area (Å²) in [6.45, 7) is 8.71. The molecule has 1 aliphatic heterocycles. The van der Waals surface area contributed by atoms with E-state index >= 15 is 0 Å². The molecule has 1 saturated heterocycles. The molecular weight excluding hydrogens is 260 g/mol. The van der Waals surface area contributed by atoms with Crippen LogP contribution in [0, 0.1) is 0 Å². The van der Waals surface area contributed by atoms with E-state index in [4.69, 9.17) is 11.6 Å². The van der Waals surface area contributed by atoms with Crippen LogP contribution < -0.4 is 4.90 Å². The number of carbonyl (C=O) groups is 1. The van der Waals surface area contributed by atoms with Crippen LogP contribution in [0.15, 0.2) is 18.2 Å². The first-order valence-corrected chi connectivity index (χ1v) is 7.31. The first-order valence-electron chi connectivity index (χ1n) is 6.93. The molecule has 1 fully saturated rings. The molecule has 3 nitrogen and oxygen atoms in total. The summed E-state index contributed by atoms with van der Waals surface area (Å²) in [6, 6.07) is 6.31. The topological polar surface area (TPSA) is 23.6 Å². The molecule has 0 N–H and O–H groups in total. The van der Waals surface area contributed by atoms with Crippen LogP contribution in [0.5, 0.6) is 0 Å². The summed E-state index contributed by atoms with van der Waals surface area (Å²) in [5.74, 6) is 0. The van der Waals surface area contributed by atoms with Gasteiger partial charge in [0.25, 0.3) is 0 Å². The molecule has 0 bridgehead atoms. The zero-order valence-corrected chi connectivity index (χ0v) is 12.4. The molecular formula is C15H21ClN2O. The molecule has 4 heteroatoms. The van der Waals surface area contributed by atoms with Gasteiger partial charge in [0.2, 0.25) is 0 Å². The van der Waals surface area contributed by atoms with Gasteiger partial charge in [-0.05, 0) is 37.7 Å². The molecule has 1 unspecified atom stereocenters. The summed E-state index contributed by atoms with van der Waals surface area (Å²) >= 11 is 6.09. The van der Waals surface area contributed by atoms with Crippen LogP contribution in [0.3, 0.4) is 0 Å². The molecule has 0 spiro atoms. The smallest absolute Gasteiger partial charge is 0.151 e. The number of benzene rings is 1. The third-order valence-corrected chi connectivity index (χ3v) is 4.30. The lowest BCUT2D eigenvalue weighted by atomic mass is 10.2. The van der Waals surface area contributed by atoms with E-state index in [1.165, 1.54) is 6.42 Å². The second-order valence-electron chi connectivity index (χ2n) is 4.93. The number of hydrogen-bond donors (Lipinski definition) is 0. The van der Waals surface area contributed by atoms with Gasteiger partial charge in [-0.2, -0.15) is 0 Å². The van der Waals surface area contributed by atoms with Crippen molar-refractivity contribution in [2.45, 2.75) is 26.3 Å². The zero-order valence-electron chi connectivity index (χ0n) is 11.6. The molecule has 1 aliphatic rings. The van der Waals surface area contributed by atoms with E-state index in [0.29, 0.717) is 16.6 Å². The molecule has 104 valence electrons. The molecule has 1 aromatic carbocycles. The van der Waals surface area contributed by atoms with Crippen molar-refractivity contribution in [2.24, 2.45) is 0 Å². The molecule has 0 amide bonds. The summed E-state index contributed by atoms with van der Waals surface area (Å²) in [4.78, 5) is 15.6. The Labute approximate surface area is 120 Å². The number of rotatable bonds is 5. The van der Waals surface area contributed by atoms with E-state index in [9.17, 15) is 4.79 Å². The van der Waals surface area contributed by atoms with Gasteiger partial charge in [0.1, 0.15) is 0 Å². The quantitative estimate of drug-likeness (QED) is 0.775. The Hall–Kier alpha value is -1.06. The summed E-state index contributed by atoms with van der Waals surface area (Å²) in [7, 11) is 0. The van der Waals surface area contributed by atoms with Crippen molar-refractivity contribution in [3.05, 3.63) is 28.8 Å². The van der Waals surface area contributed by atoms with Gasteiger partial charge in [-0.3, -0.25) is 9.69 Å². The van der Waals surface area contributed by atoms with Crippen molar-refractivity contribution in [3.63, 3.8) is 0 Å². The van der Waals surface area contributed by atoms with Crippen molar-refractivity contribution in [1.82, 2.24) is 4.90 Å². The highest BCUT2D eigenvalue weighted by molar-refractivity contribution is 6.33. The minimum Gasteiger partial charge on any atom is -0.370 e. The molecule has 1 heterocycles. The van der Waals surface area contributed by atoms with Crippen LogP contribution in [0.4, 0.5) is 5.69 Å². The Morgan fingerprint density at radius 2 is 2.16 bits per heavy atom. The lowest BCUT2D eigenvalue weighted by molar-refractivity contribution is 0.112. The Kier molecular flexibility index (Phi) is 4.83. The van der Waals surface area contributed by atoms with Crippen molar-refractivity contribution in [1.29, 1.82) is 0 Å². The van der Waals surface area contributed by atoms with E-state index in [1.54, 1.807) is 6.07 Å². The monoisotopic (exact) mass is 280 g/mol. The van der Waals surface area contributed by atoms with E-state index in [2.05, 4.69) is 23.6 Å². The van der Waals surface area contributed by atoms with Crippen molar-refractivity contribution in [3.8, 4) is 0 Å². The molecule has 2 rings (SSSR count). The highest BCUT2D eigenvalue weighted by atomic mass is 35.5. The maximum absolute atomic E-state index is 10.8. The maximum Gasteiger partial charge on any atom is 0.151 e. The first-order chi connectivity index (χ1) is 9.19. The Balaban J connectivity index is 2.08. The number of anilines is 1. The molecule has 19 heavy (non-hydrogen) atoms. The van der Waals surface area contributed by atoms with Crippen molar-refractivity contribution < 1.29 is 4.79 Å². The fraction of sp³-hybridized carbons (Fsp3) is 0.533. The van der Waals surface area contributed by atoms with Gasteiger partial charge in [-0.1, -0.05) is 25.4 Å². The second kappa shape index (κ2) is 6.40. The molecule has 1 atom stereocenters. The van der Waals surface area contributed by atoms with Gasteiger partial charge in [0.05, 0.1) is 5.02 Å². The van der Waals surface area contributed by atoms with E-state index in [0.717, 1.165) is 38.2 Å². The number of carbonyl (C=O) groups excluding carboxylic acids is 1. The third kappa shape index (κ3) is 3.10. The third-order valence-electron chi connectivity index (χ3n) is 3.97. The molecule has 0 aliphatic carbocycles. The fourth-order valence-electron chi connectivity index (χ4n) is 2.82. The maximum atomic E-state index is 10.8. The summed E-state index contributed by atoms with van der Waals surface area (Å²) in [6.07, 6.45) is 1.99. The van der Waals surface area contributed by atoms with Crippen LogP contribution in [-0.4, -0.2) is 43.4 Å². The average molecular weight is 281 g/mol. The summed E-state index contributed by atoms with van der Waals surface area (Å²) < 4.78 is 0. The normalized spacial score (nSPS) is 19.2. The Morgan fingerprint density at radius 1 is 1.42 bits per heavy atom. The summed E-state index contributed by atoms with van der Waals surface area (Å²) in [5.41, 5.74) is 1.68. The average Bonchev–Trinajstić information content (AvgIpc) is 2.90. The number of hydrogen-bond acceptors (Lipinski definition) is 3. The Morgan fingerprint density at radius 3 is 2.74 bits per heavy atom. The molecule has 0 aromatic heterocycles. The van der Waals surface area contributed by atoms with Gasteiger partial charge in [-0.25, -0.2) is 0 Å². The van der Waals surface area contributed by atoms with E-state index in [1.807, 2.05) is 12.1 Å². The highest BCUT2D eigenvalue weighted by Crippen LogP contribution is 2.27. The lowest BCUT2D eigenvalue weighted by Crippen LogP contribution is -2.37. The van der Waals surface area contributed by atoms with Crippen LogP contribution in [0.25, 0.3) is 0 Å². The largest absolute Gasteiger partial charge is 0.370 e. The number of aldehydes is 1. The van der Waals surface area contributed by atoms with Crippen LogP contribution >= 0.6 is 11.6 Å². The minimum atomic E-state index is 0.541. The number of likely N-dealkylation sites (N-methyl/N-ethyl adjacent to an activating group) is 1. The highest BCUT2D eigenvalue weighted by Gasteiger charge is 2.26. The standard InChI is InChI=1S/C15H21ClN2O/c1-3-17(4-2)14-7-8-18(10-14)13-6-5-12(11-19)15(16)9-13/h5-6,9,11,14H,3-4,7-8,10H2,1-2H3. The number of nitrogens with zero attached hydrogens (tertiary/aromatic N) is 2. The second-order valence-corrected chi connectivity index (χ2v) is 5.34. The predicted molar refractivity (Wildman–Crippen MR) is 80.4 cm³/mol. The number of halogens is 1. The van der Waals surface area contributed by atoms with E-state index in [-0.39, 0.29) is 0 Å². The van der Waals surface area contributed by atoms with Crippen molar-refractivity contribution in [2.75, 3.05) is 31.1 Å². The predicted octanol–water partition coefficient (Wildman–Crippen LogP) is 3.07. The zero-order chi connectivity index (χ0) is 13.8. The Bertz CT molecular complexity index is 446. The minimum absolute atomic E-state index is 0.541. The van der Waals surface area contributed by atoms with Gasteiger partial charge in [0.15, 0.2) is 6.29 Å². The van der Waals surface area contributed by atoms with Gasteiger partial charge in [0, 0.05) is 30.4 Å². The lowest BCUT2D eigenvalue weighted by Gasteiger charge is -2.26. The van der Waals surface area contributed by atoms with Gasteiger partial charge in [-0.15, -0.1) is 0 Å². The molecule has 1 aromatic rings. The van der Waals surface area contributed by atoms with E-state index < -0.39 is 0 Å². The molecule has 0 radical (unpaired) electrons. The summed E-state index contributed by atoms with van der Waals surface area (Å²) in [5, 5.41) is 0.541. The van der Waals surface area contributed by atoms with Crippen LogP contribution in [0.1, 0.15) is 30.6 Å².